The molecule has 24 heavy (non-hydrogen) atoms. The first-order chi connectivity index (χ1) is 11.4. The Kier molecular flexibility index (Phi) is 7.10. The Bertz CT molecular complexity index is 688. The van der Waals surface area contributed by atoms with Crippen LogP contribution in [0.5, 0.6) is 0 Å². The van der Waals surface area contributed by atoms with E-state index in [-0.39, 0.29) is 11.9 Å². The molecule has 0 aliphatic carbocycles. The molecule has 7 heteroatoms. The molecule has 0 fully saturated rings. The molecule has 0 saturated carbocycles. The molecule has 0 bridgehead atoms. The molecule has 1 unspecified atom stereocenters. The summed E-state index contributed by atoms with van der Waals surface area (Å²) in [5.74, 6) is 0.748. The van der Waals surface area contributed by atoms with Gasteiger partial charge in [-0.1, -0.05) is 23.7 Å². The van der Waals surface area contributed by atoms with Gasteiger partial charge in [-0.05, 0) is 44.4 Å². The second-order valence-electron chi connectivity index (χ2n) is 5.58. The number of hydrogen-bond donors (Lipinski definition) is 2. The second kappa shape index (κ2) is 8.85. The van der Waals surface area contributed by atoms with Crippen molar-refractivity contribution >= 4 is 40.6 Å². The molecule has 0 radical (unpaired) electrons. The third kappa shape index (κ3) is 4.96. The minimum absolute atomic E-state index is 0.127. The number of halogens is 1. The first-order valence-electron chi connectivity index (χ1n) is 7.70. The van der Waals surface area contributed by atoms with Gasteiger partial charge in [0.15, 0.2) is 0 Å². The first kappa shape index (κ1) is 19.2. The Hall–Kier alpha value is -1.08. The van der Waals surface area contributed by atoms with Crippen molar-refractivity contribution in [2.75, 3.05) is 12.0 Å². The maximum absolute atomic E-state index is 12.1. The minimum Gasteiger partial charge on any atom is -0.346 e. The highest BCUT2D eigenvalue weighted by Crippen LogP contribution is 2.31. The Balaban J connectivity index is 2.08. The van der Waals surface area contributed by atoms with E-state index in [2.05, 4.69) is 5.32 Å². The van der Waals surface area contributed by atoms with E-state index in [0.29, 0.717) is 11.4 Å². The minimum atomic E-state index is -0.475. The summed E-state index contributed by atoms with van der Waals surface area (Å²) in [7, 11) is 0. The molecular formula is C17H22ClN3OS2. The predicted molar refractivity (Wildman–Crippen MR) is 105 cm³/mol. The number of carbonyl (C=O) groups excluding carboxylic acids is 1. The molecular weight excluding hydrogens is 362 g/mol. The zero-order valence-electron chi connectivity index (χ0n) is 14.0. The monoisotopic (exact) mass is 383 g/mol. The number of nitrogens with one attached hydrogen (secondary N) is 1. The third-order valence-corrected chi connectivity index (χ3v) is 5.68. The SMILES string of the molecule is CSCC[C@H](N)C(=O)NC(C)c1nc(-c2ccc(Cl)cc2)c(C)s1. The summed E-state index contributed by atoms with van der Waals surface area (Å²) in [5.41, 5.74) is 7.87. The second-order valence-corrected chi connectivity index (χ2v) is 8.24. The van der Waals surface area contributed by atoms with Gasteiger partial charge in [0.25, 0.3) is 0 Å². The van der Waals surface area contributed by atoms with E-state index in [9.17, 15) is 4.79 Å². The van der Waals surface area contributed by atoms with Gasteiger partial charge in [0.05, 0.1) is 17.8 Å². The Morgan fingerprint density at radius 3 is 2.71 bits per heavy atom. The van der Waals surface area contributed by atoms with Gasteiger partial charge in [-0.2, -0.15) is 11.8 Å². The van der Waals surface area contributed by atoms with Crippen LogP contribution in [0.15, 0.2) is 24.3 Å². The first-order valence-corrected chi connectivity index (χ1v) is 10.3. The van der Waals surface area contributed by atoms with Crippen molar-refractivity contribution in [2.45, 2.75) is 32.4 Å². The lowest BCUT2D eigenvalue weighted by molar-refractivity contribution is -0.123. The van der Waals surface area contributed by atoms with Crippen LogP contribution in [0, 0.1) is 6.92 Å². The van der Waals surface area contributed by atoms with E-state index < -0.39 is 6.04 Å². The number of amides is 1. The number of nitrogens with zero attached hydrogens (tertiary/aromatic N) is 1. The molecule has 1 aromatic heterocycles. The summed E-state index contributed by atoms with van der Waals surface area (Å²) < 4.78 is 0. The summed E-state index contributed by atoms with van der Waals surface area (Å²) in [4.78, 5) is 18.0. The highest BCUT2D eigenvalue weighted by molar-refractivity contribution is 7.98. The zero-order chi connectivity index (χ0) is 17.7. The van der Waals surface area contributed by atoms with Crippen LogP contribution in [0.4, 0.5) is 0 Å². The average molecular weight is 384 g/mol. The molecule has 0 spiro atoms. The lowest BCUT2D eigenvalue weighted by atomic mass is 10.1. The van der Waals surface area contributed by atoms with Crippen molar-refractivity contribution in [3.8, 4) is 11.3 Å². The Morgan fingerprint density at radius 2 is 2.08 bits per heavy atom. The molecule has 3 N–H and O–H groups in total. The Labute approximate surface area is 156 Å². The highest BCUT2D eigenvalue weighted by Gasteiger charge is 2.20. The number of rotatable bonds is 7. The lowest BCUT2D eigenvalue weighted by Gasteiger charge is -2.15. The molecule has 1 heterocycles. The summed E-state index contributed by atoms with van der Waals surface area (Å²) in [6, 6.07) is 6.97. The van der Waals surface area contributed by atoms with Crippen LogP contribution in [0.3, 0.4) is 0 Å². The van der Waals surface area contributed by atoms with Gasteiger partial charge in [0, 0.05) is 15.5 Å². The molecule has 0 aliphatic rings. The van der Waals surface area contributed by atoms with E-state index in [1.165, 1.54) is 0 Å². The van der Waals surface area contributed by atoms with Gasteiger partial charge in [-0.3, -0.25) is 4.79 Å². The van der Waals surface area contributed by atoms with Crippen LogP contribution >= 0.6 is 34.7 Å². The normalized spacial score (nSPS) is 13.5. The summed E-state index contributed by atoms with van der Waals surface area (Å²) in [5, 5.41) is 4.54. The molecule has 4 nitrogen and oxygen atoms in total. The molecule has 1 aromatic carbocycles. The lowest BCUT2D eigenvalue weighted by Crippen LogP contribution is -2.41. The van der Waals surface area contributed by atoms with Gasteiger partial charge in [0.2, 0.25) is 5.91 Å². The van der Waals surface area contributed by atoms with Crippen LogP contribution < -0.4 is 11.1 Å². The Morgan fingerprint density at radius 1 is 1.42 bits per heavy atom. The summed E-state index contributed by atoms with van der Waals surface area (Å²) >= 11 is 9.22. The van der Waals surface area contributed by atoms with Crippen molar-refractivity contribution in [2.24, 2.45) is 5.73 Å². The van der Waals surface area contributed by atoms with Crippen molar-refractivity contribution in [1.82, 2.24) is 10.3 Å². The number of thiazole rings is 1. The van der Waals surface area contributed by atoms with E-state index in [0.717, 1.165) is 26.9 Å². The molecule has 2 atom stereocenters. The largest absolute Gasteiger partial charge is 0.346 e. The fraction of sp³-hybridized carbons (Fsp3) is 0.412. The topological polar surface area (TPSA) is 68.0 Å². The quantitative estimate of drug-likeness (QED) is 0.757. The number of aromatic nitrogens is 1. The summed E-state index contributed by atoms with van der Waals surface area (Å²) in [6.07, 6.45) is 2.68. The third-order valence-electron chi connectivity index (χ3n) is 3.63. The fourth-order valence-electron chi connectivity index (χ4n) is 2.24. The van der Waals surface area contributed by atoms with Gasteiger partial charge in [0.1, 0.15) is 5.01 Å². The number of nitrogens with two attached hydrogens (primary N) is 1. The van der Waals surface area contributed by atoms with Crippen molar-refractivity contribution < 1.29 is 4.79 Å². The number of thioether (sulfide) groups is 1. The summed E-state index contributed by atoms with van der Waals surface area (Å²) in [6.45, 7) is 3.97. The van der Waals surface area contributed by atoms with Crippen LogP contribution in [0.2, 0.25) is 5.02 Å². The van der Waals surface area contributed by atoms with Gasteiger partial charge >= 0.3 is 0 Å². The maximum Gasteiger partial charge on any atom is 0.237 e. The number of hydrogen-bond acceptors (Lipinski definition) is 5. The van der Waals surface area contributed by atoms with Gasteiger partial charge in [-0.25, -0.2) is 4.98 Å². The predicted octanol–water partition coefficient (Wildman–Crippen LogP) is 4.03. The smallest absolute Gasteiger partial charge is 0.237 e. The van der Waals surface area contributed by atoms with Gasteiger partial charge < -0.3 is 11.1 Å². The van der Waals surface area contributed by atoms with Crippen molar-refractivity contribution in [3.63, 3.8) is 0 Å². The zero-order valence-corrected chi connectivity index (χ0v) is 16.4. The van der Waals surface area contributed by atoms with Crippen molar-refractivity contribution in [1.29, 1.82) is 0 Å². The van der Waals surface area contributed by atoms with E-state index in [4.69, 9.17) is 22.3 Å². The number of carbonyl (C=O) groups is 1. The van der Waals surface area contributed by atoms with Gasteiger partial charge in [-0.15, -0.1) is 11.3 Å². The average Bonchev–Trinajstić information content (AvgIpc) is 2.95. The van der Waals surface area contributed by atoms with Crippen molar-refractivity contribution in [3.05, 3.63) is 39.2 Å². The van der Waals surface area contributed by atoms with Crippen LogP contribution in [-0.4, -0.2) is 28.9 Å². The molecule has 2 rings (SSSR count). The molecule has 130 valence electrons. The molecule has 2 aromatic rings. The van der Waals surface area contributed by atoms with E-state index in [1.54, 1.807) is 23.1 Å². The fourth-order valence-corrected chi connectivity index (χ4v) is 3.80. The van der Waals surface area contributed by atoms with E-state index in [1.807, 2.05) is 44.4 Å². The van der Waals surface area contributed by atoms with Crippen LogP contribution in [0.25, 0.3) is 11.3 Å². The molecule has 0 aliphatic heterocycles. The van der Waals surface area contributed by atoms with Crippen LogP contribution in [0.1, 0.15) is 29.3 Å². The highest BCUT2D eigenvalue weighted by atomic mass is 35.5. The molecule has 1 amide bonds. The van der Waals surface area contributed by atoms with Crippen LogP contribution in [-0.2, 0) is 4.79 Å². The molecule has 0 saturated heterocycles. The number of benzene rings is 1. The van der Waals surface area contributed by atoms with E-state index >= 15 is 0 Å². The number of aryl methyl sites for hydroxylation is 1. The maximum atomic E-state index is 12.1. The standard InChI is InChI=1S/C17H22ClN3OS2/c1-10(20-16(22)14(19)8-9-23-3)17-21-15(11(2)24-17)12-4-6-13(18)7-5-12/h4-7,10,14H,8-9,19H2,1-3H3,(H,20,22)/t10?,14-/m0/s1.